The van der Waals surface area contributed by atoms with Crippen LogP contribution in [0.1, 0.15) is 43.9 Å². The molecule has 0 aliphatic carbocycles. The molecule has 0 saturated carbocycles. The van der Waals surface area contributed by atoms with Crippen molar-refractivity contribution >= 4 is 28.8 Å². The smallest absolute Gasteiger partial charge is 0.338 e. The monoisotopic (exact) mass is 535 g/mol. The Labute approximate surface area is 228 Å². The minimum absolute atomic E-state index is 0.00789. The maximum Gasteiger partial charge on any atom is 0.338 e. The number of allylic oxidation sites excluding steroid dienone is 1. The van der Waals surface area contributed by atoms with Crippen molar-refractivity contribution in [2.75, 3.05) is 27.8 Å². The van der Waals surface area contributed by atoms with E-state index in [1.807, 2.05) is 72.7 Å². The first-order valence-electron chi connectivity index (χ1n) is 12.5. The third-order valence-corrected chi connectivity index (χ3v) is 7.49. The Kier molecular flexibility index (Phi) is 8.78. The number of esters is 1. The number of ether oxygens (including phenoxy) is 3. The predicted octanol–water partition coefficient (Wildman–Crippen LogP) is 5.28. The highest BCUT2D eigenvalue weighted by Gasteiger charge is 2.42. The van der Waals surface area contributed by atoms with Gasteiger partial charge in [0.1, 0.15) is 6.61 Å². The van der Waals surface area contributed by atoms with Crippen molar-refractivity contribution in [1.29, 1.82) is 0 Å². The summed E-state index contributed by atoms with van der Waals surface area (Å²) in [6, 6.07) is 15.0. The van der Waals surface area contributed by atoms with Crippen LogP contribution in [-0.4, -0.2) is 54.7 Å². The quantitative estimate of drug-likeness (QED) is 0.383. The second kappa shape index (κ2) is 12.2. The van der Waals surface area contributed by atoms with Gasteiger partial charge >= 0.3 is 5.97 Å². The summed E-state index contributed by atoms with van der Waals surface area (Å²) < 4.78 is 17.0. The molecule has 0 unspecified atom stereocenters. The first-order chi connectivity index (χ1) is 18.4. The number of rotatable bonds is 10. The van der Waals surface area contributed by atoms with E-state index in [1.54, 1.807) is 19.1 Å². The van der Waals surface area contributed by atoms with E-state index in [0.29, 0.717) is 42.3 Å². The van der Waals surface area contributed by atoms with Crippen LogP contribution in [0.3, 0.4) is 0 Å². The van der Waals surface area contributed by atoms with Gasteiger partial charge in [0.25, 0.3) is 0 Å². The van der Waals surface area contributed by atoms with Crippen LogP contribution in [0.25, 0.3) is 0 Å². The van der Waals surface area contributed by atoms with Gasteiger partial charge in [-0.15, -0.1) is 0 Å². The number of fused-ring (bicyclic) bond motifs is 1. The number of methoxy groups -OCH3 is 2. The largest absolute Gasteiger partial charge is 0.493 e. The molecule has 1 atom stereocenters. The number of carbonyl (C=O) groups is 2. The normalized spacial score (nSPS) is 16.4. The number of thioether (sulfide) groups is 1. The van der Waals surface area contributed by atoms with E-state index in [0.717, 1.165) is 22.0 Å². The van der Waals surface area contributed by atoms with E-state index in [9.17, 15) is 9.59 Å². The van der Waals surface area contributed by atoms with Crippen molar-refractivity contribution < 1.29 is 23.8 Å². The highest BCUT2D eigenvalue weighted by Crippen LogP contribution is 2.46. The van der Waals surface area contributed by atoms with Crippen LogP contribution < -0.4 is 9.47 Å². The van der Waals surface area contributed by atoms with E-state index >= 15 is 0 Å². The fraction of sp³-hybridized carbons (Fsp3) is 0.345. The molecular formula is C29H33N3O5S. The number of amides is 1. The summed E-state index contributed by atoms with van der Waals surface area (Å²) in [5, 5.41) is 2.67. The summed E-state index contributed by atoms with van der Waals surface area (Å²) in [4.78, 5) is 34.4. The van der Waals surface area contributed by atoms with Gasteiger partial charge in [0, 0.05) is 19.3 Å². The number of hydrogen-bond donors (Lipinski definition) is 0. The molecule has 0 spiro atoms. The molecule has 0 saturated heterocycles. The van der Waals surface area contributed by atoms with Crippen LogP contribution in [0.5, 0.6) is 11.5 Å². The van der Waals surface area contributed by atoms with Crippen LogP contribution in [0, 0.1) is 0 Å². The first kappa shape index (κ1) is 27.3. The molecule has 4 rings (SSSR count). The third-order valence-electron chi connectivity index (χ3n) is 6.60. The SMILES string of the molecule is CCC1=C(C(=O)OC)[C@H](c2ccc(OCc3ccccc3)c(OC)c2)N2C(CC(=O)N(C)CC)=CSC2=N1. The first-order valence-corrected chi connectivity index (χ1v) is 13.4. The molecule has 0 bridgehead atoms. The van der Waals surface area contributed by atoms with Crippen LogP contribution in [0.15, 0.2) is 75.9 Å². The maximum absolute atomic E-state index is 13.1. The molecule has 0 radical (unpaired) electrons. The molecular weight excluding hydrogens is 502 g/mol. The van der Waals surface area contributed by atoms with E-state index in [4.69, 9.17) is 19.2 Å². The molecule has 8 nitrogen and oxygen atoms in total. The molecule has 200 valence electrons. The highest BCUT2D eigenvalue weighted by atomic mass is 32.2. The Morgan fingerprint density at radius 3 is 2.50 bits per heavy atom. The average molecular weight is 536 g/mol. The lowest BCUT2D eigenvalue weighted by Crippen LogP contribution is -2.38. The second-order valence-corrected chi connectivity index (χ2v) is 9.71. The van der Waals surface area contributed by atoms with Gasteiger partial charge in [0.2, 0.25) is 5.91 Å². The van der Waals surface area contributed by atoms with Crippen molar-refractivity contribution in [3.05, 3.63) is 82.0 Å². The summed E-state index contributed by atoms with van der Waals surface area (Å²) in [7, 11) is 4.74. The summed E-state index contributed by atoms with van der Waals surface area (Å²) in [6.45, 7) is 4.90. The molecule has 2 aliphatic rings. The molecule has 2 aliphatic heterocycles. The molecule has 2 heterocycles. The van der Waals surface area contributed by atoms with Gasteiger partial charge in [-0.1, -0.05) is 55.1 Å². The maximum atomic E-state index is 13.1. The number of hydrogen-bond acceptors (Lipinski definition) is 8. The number of carbonyl (C=O) groups excluding carboxylic acids is 2. The minimum Gasteiger partial charge on any atom is -0.493 e. The standard InChI is InChI=1S/C29H33N3O5S/c1-6-22-26(28(34)36-5)27(32-21(18-38-29(32)30-22)16-25(33)31(3)7-2)20-13-14-23(24(15-20)35-4)37-17-19-11-9-8-10-12-19/h8-15,18,27H,6-7,16-17H2,1-5H3/t27-/m0/s1. The van der Waals surface area contributed by atoms with E-state index in [2.05, 4.69) is 0 Å². The molecule has 2 aromatic rings. The highest BCUT2D eigenvalue weighted by molar-refractivity contribution is 8.16. The van der Waals surface area contributed by atoms with Gasteiger partial charge in [0.15, 0.2) is 16.7 Å². The lowest BCUT2D eigenvalue weighted by molar-refractivity contribution is -0.136. The Bertz CT molecular complexity index is 1290. The fourth-order valence-corrected chi connectivity index (χ4v) is 5.34. The van der Waals surface area contributed by atoms with Gasteiger partial charge in [0.05, 0.1) is 38.0 Å². The van der Waals surface area contributed by atoms with Crippen LogP contribution in [-0.2, 0) is 20.9 Å². The number of amidine groups is 1. The Hall–Kier alpha value is -3.72. The van der Waals surface area contributed by atoms with Crippen LogP contribution in [0.2, 0.25) is 0 Å². The Balaban J connectivity index is 1.74. The van der Waals surface area contributed by atoms with Crippen LogP contribution in [0.4, 0.5) is 0 Å². The molecule has 0 N–H and O–H groups in total. The lowest BCUT2D eigenvalue weighted by Gasteiger charge is -2.37. The topological polar surface area (TPSA) is 80.7 Å². The van der Waals surface area contributed by atoms with Gasteiger partial charge < -0.3 is 24.0 Å². The molecule has 9 heteroatoms. The van der Waals surface area contributed by atoms with E-state index in [-0.39, 0.29) is 12.3 Å². The van der Waals surface area contributed by atoms with Crippen molar-refractivity contribution in [2.45, 2.75) is 39.3 Å². The van der Waals surface area contributed by atoms with Gasteiger partial charge in [-0.05, 0) is 42.0 Å². The average Bonchev–Trinajstić information content (AvgIpc) is 3.36. The minimum atomic E-state index is -0.539. The third kappa shape index (κ3) is 5.57. The summed E-state index contributed by atoms with van der Waals surface area (Å²) >= 11 is 1.45. The van der Waals surface area contributed by atoms with Crippen molar-refractivity contribution in [1.82, 2.24) is 9.80 Å². The molecule has 1 amide bonds. The number of aliphatic imine (C=N–C) groups is 1. The number of benzene rings is 2. The number of nitrogens with zero attached hydrogens (tertiary/aromatic N) is 3. The fourth-order valence-electron chi connectivity index (χ4n) is 4.40. The van der Waals surface area contributed by atoms with E-state index < -0.39 is 12.0 Å². The van der Waals surface area contributed by atoms with E-state index in [1.165, 1.54) is 18.9 Å². The summed E-state index contributed by atoms with van der Waals surface area (Å²) in [5.41, 5.74) is 3.74. The molecule has 2 aromatic carbocycles. The van der Waals surface area contributed by atoms with Crippen molar-refractivity contribution in [2.24, 2.45) is 4.99 Å². The van der Waals surface area contributed by atoms with Crippen molar-refractivity contribution in [3.8, 4) is 11.5 Å². The second-order valence-electron chi connectivity index (χ2n) is 8.87. The molecule has 0 aromatic heterocycles. The van der Waals surface area contributed by atoms with Crippen LogP contribution >= 0.6 is 11.8 Å². The Morgan fingerprint density at radius 2 is 1.84 bits per heavy atom. The van der Waals surface area contributed by atoms with Gasteiger partial charge in [-0.3, -0.25) is 4.79 Å². The zero-order chi connectivity index (χ0) is 27.2. The zero-order valence-corrected chi connectivity index (χ0v) is 23.2. The Morgan fingerprint density at radius 1 is 1.08 bits per heavy atom. The molecule has 38 heavy (non-hydrogen) atoms. The van der Waals surface area contributed by atoms with Gasteiger partial charge in [-0.25, -0.2) is 9.79 Å². The summed E-state index contributed by atoms with van der Waals surface area (Å²) in [6.07, 6.45) is 0.749. The van der Waals surface area contributed by atoms with Crippen molar-refractivity contribution in [3.63, 3.8) is 0 Å². The predicted molar refractivity (Wildman–Crippen MR) is 149 cm³/mol. The van der Waals surface area contributed by atoms with Gasteiger partial charge in [-0.2, -0.15) is 0 Å². The zero-order valence-electron chi connectivity index (χ0n) is 22.4. The lowest BCUT2D eigenvalue weighted by atomic mass is 9.92. The molecule has 0 fully saturated rings. The summed E-state index contributed by atoms with van der Waals surface area (Å²) in [5.74, 6) is 0.678.